The van der Waals surface area contributed by atoms with Crippen LogP contribution in [-0.4, -0.2) is 23.6 Å². The minimum Gasteiger partial charge on any atom is -0.485 e. The zero-order valence-corrected chi connectivity index (χ0v) is 13.7. The minimum absolute atomic E-state index is 0.146. The van der Waals surface area contributed by atoms with E-state index < -0.39 is 6.10 Å². The van der Waals surface area contributed by atoms with Crippen molar-refractivity contribution in [2.45, 2.75) is 6.10 Å². The lowest BCUT2D eigenvalue weighted by Crippen LogP contribution is -2.40. The standard InChI is InChI=1S/C18H13ClN2O4/c19-13-7-11(5-6-12(13)16-8-20-10-24-16)21-18(22)17-9-23-14-3-1-2-4-15(14)25-17/h1-8,10,17H,9H2,(H,21,22). The molecule has 0 spiro atoms. The highest BCUT2D eigenvalue weighted by molar-refractivity contribution is 6.33. The van der Waals surface area contributed by atoms with E-state index in [4.69, 9.17) is 25.5 Å². The van der Waals surface area contributed by atoms with Crippen molar-refractivity contribution in [3.63, 3.8) is 0 Å². The second-order valence-corrected chi connectivity index (χ2v) is 5.82. The Hall–Kier alpha value is -2.99. The minimum atomic E-state index is -0.734. The van der Waals surface area contributed by atoms with Gasteiger partial charge in [0.2, 0.25) is 6.10 Å². The van der Waals surface area contributed by atoms with Gasteiger partial charge in [-0.3, -0.25) is 4.79 Å². The lowest BCUT2D eigenvalue weighted by molar-refractivity contribution is -0.125. The zero-order chi connectivity index (χ0) is 17.2. The average molecular weight is 357 g/mol. The number of nitrogens with one attached hydrogen (secondary N) is 1. The van der Waals surface area contributed by atoms with E-state index in [9.17, 15) is 4.79 Å². The van der Waals surface area contributed by atoms with Crippen LogP contribution in [0.1, 0.15) is 0 Å². The predicted molar refractivity (Wildman–Crippen MR) is 91.9 cm³/mol. The van der Waals surface area contributed by atoms with Gasteiger partial charge in [0.25, 0.3) is 5.91 Å². The van der Waals surface area contributed by atoms with Crippen LogP contribution in [0.15, 0.2) is 59.5 Å². The average Bonchev–Trinajstić information content (AvgIpc) is 3.15. The first-order valence-electron chi connectivity index (χ1n) is 7.58. The number of hydrogen-bond acceptors (Lipinski definition) is 5. The summed E-state index contributed by atoms with van der Waals surface area (Å²) in [7, 11) is 0. The summed E-state index contributed by atoms with van der Waals surface area (Å²) in [5, 5.41) is 3.23. The van der Waals surface area contributed by atoms with Gasteiger partial charge in [0, 0.05) is 11.3 Å². The number of hydrogen-bond donors (Lipinski definition) is 1. The van der Waals surface area contributed by atoms with Gasteiger partial charge in [-0.1, -0.05) is 23.7 Å². The number of halogens is 1. The van der Waals surface area contributed by atoms with E-state index in [1.54, 1.807) is 36.5 Å². The number of rotatable bonds is 3. The van der Waals surface area contributed by atoms with E-state index in [0.29, 0.717) is 33.5 Å². The van der Waals surface area contributed by atoms with Gasteiger partial charge >= 0.3 is 0 Å². The molecule has 0 saturated heterocycles. The zero-order valence-electron chi connectivity index (χ0n) is 12.9. The predicted octanol–water partition coefficient (Wildman–Crippen LogP) is 3.77. The second-order valence-electron chi connectivity index (χ2n) is 5.41. The largest absolute Gasteiger partial charge is 0.485 e. The van der Waals surface area contributed by atoms with E-state index in [-0.39, 0.29) is 12.5 Å². The molecule has 0 fully saturated rings. The molecule has 2 heterocycles. The van der Waals surface area contributed by atoms with Crippen molar-refractivity contribution >= 4 is 23.2 Å². The van der Waals surface area contributed by atoms with Crippen LogP contribution >= 0.6 is 11.6 Å². The maximum absolute atomic E-state index is 12.4. The highest BCUT2D eigenvalue weighted by atomic mass is 35.5. The molecule has 1 N–H and O–H groups in total. The Labute approximate surface area is 148 Å². The first kappa shape index (κ1) is 15.5. The summed E-state index contributed by atoms with van der Waals surface area (Å²) in [6.07, 6.45) is 2.17. The highest BCUT2D eigenvalue weighted by Crippen LogP contribution is 2.32. The summed E-state index contributed by atoms with van der Waals surface area (Å²) >= 11 is 6.26. The van der Waals surface area contributed by atoms with Gasteiger partial charge in [0.05, 0.1) is 11.2 Å². The molecule has 0 saturated carbocycles. The molecular formula is C18H13ClN2O4. The van der Waals surface area contributed by atoms with Crippen molar-refractivity contribution in [2.24, 2.45) is 0 Å². The fraction of sp³-hybridized carbons (Fsp3) is 0.111. The first-order chi connectivity index (χ1) is 12.2. The van der Waals surface area contributed by atoms with Crippen LogP contribution in [0.2, 0.25) is 5.02 Å². The maximum Gasteiger partial charge on any atom is 0.269 e. The molecule has 126 valence electrons. The monoisotopic (exact) mass is 356 g/mol. The smallest absolute Gasteiger partial charge is 0.269 e. The molecule has 0 bridgehead atoms. The summed E-state index contributed by atoms with van der Waals surface area (Å²) in [4.78, 5) is 16.3. The van der Waals surface area contributed by atoms with Crippen LogP contribution in [-0.2, 0) is 4.79 Å². The second kappa shape index (κ2) is 6.49. The number of para-hydroxylation sites is 2. The molecule has 0 aliphatic carbocycles. The van der Waals surface area contributed by atoms with Crippen molar-refractivity contribution in [2.75, 3.05) is 11.9 Å². The Morgan fingerprint density at radius 2 is 2.04 bits per heavy atom. The SMILES string of the molecule is O=C(Nc1ccc(-c2cnco2)c(Cl)c1)C1COc2ccccc2O1. The molecular weight excluding hydrogens is 344 g/mol. The number of anilines is 1. The number of benzene rings is 2. The maximum atomic E-state index is 12.4. The third-order valence-electron chi connectivity index (χ3n) is 3.74. The molecule has 0 radical (unpaired) electrons. The Bertz CT molecular complexity index is 911. The van der Waals surface area contributed by atoms with Crippen LogP contribution in [0.4, 0.5) is 5.69 Å². The van der Waals surface area contributed by atoms with Gasteiger partial charge in [-0.25, -0.2) is 4.98 Å². The number of aromatic nitrogens is 1. The fourth-order valence-corrected chi connectivity index (χ4v) is 2.79. The van der Waals surface area contributed by atoms with Crippen molar-refractivity contribution in [1.82, 2.24) is 4.98 Å². The molecule has 3 aromatic rings. The molecule has 1 amide bonds. The molecule has 1 aliphatic heterocycles. The number of carbonyl (C=O) groups is 1. The van der Waals surface area contributed by atoms with Gasteiger partial charge in [-0.05, 0) is 30.3 Å². The Kier molecular flexibility index (Phi) is 4.03. The lowest BCUT2D eigenvalue weighted by atomic mass is 10.1. The molecule has 1 aromatic heterocycles. The molecule has 4 rings (SSSR count). The van der Waals surface area contributed by atoms with Crippen LogP contribution in [0, 0.1) is 0 Å². The first-order valence-corrected chi connectivity index (χ1v) is 7.96. The molecule has 25 heavy (non-hydrogen) atoms. The third-order valence-corrected chi connectivity index (χ3v) is 4.05. The number of fused-ring (bicyclic) bond motifs is 1. The quantitative estimate of drug-likeness (QED) is 0.773. The van der Waals surface area contributed by atoms with Gasteiger partial charge in [0.15, 0.2) is 23.7 Å². The molecule has 7 heteroatoms. The number of amides is 1. The van der Waals surface area contributed by atoms with Gasteiger partial charge in [-0.15, -0.1) is 0 Å². The fourth-order valence-electron chi connectivity index (χ4n) is 2.51. The summed E-state index contributed by atoms with van der Waals surface area (Å²) in [6, 6.07) is 12.4. The molecule has 6 nitrogen and oxygen atoms in total. The number of oxazole rings is 1. The summed E-state index contributed by atoms with van der Waals surface area (Å²) < 4.78 is 16.5. The summed E-state index contributed by atoms with van der Waals surface area (Å²) in [5.41, 5.74) is 1.25. The molecule has 1 aliphatic rings. The van der Waals surface area contributed by atoms with Crippen LogP contribution < -0.4 is 14.8 Å². The van der Waals surface area contributed by atoms with Crippen molar-refractivity contribution in [1.29, 1.82) is 0 Å². The van der Waals surface area contributed by atoms with Crippen LogP contribution in [0.25, 0.3) is 11.3 Å². The van der Waals surface area contributed by atoms with Crippen molar-refractivity contribution in [3.05, 3.63) is 60.1 Å². The molecule has 2 aromatic carbocycles. The third kappa shape index (κ3) is 3.16. The molecule has 1 atom stereocenters. The normalized spacial score (nSPS) is 15.6. The molecule has 1 unspecified atom stereocenters. The number of nitrogens with zero attached hydrogens (tertiary/aromatic N) is 1. The van der Waals surface area contributed by atoms with E-state index in [1.165, 1.54) is 6.39 Å². The summed E-state index contributed by atoms with van der Waals surface area (Å²) in [6.45, 7) is 0.146. The van der Waals surface area contributed by atoms with E-state index in [2.05, 4.69) is 10.3 Å². The van der Waals surface area contributed by atoms with Crippen LogP contribution in [0.3, 0.4) is 0 Å². The van der Waals surface area contributed by atoms with Gasteiger partial charge in [0.1, 0.15) is 6.61 Å². The Morgan fingerprint density at radius 3 is 2.80 bits per heavy atom. The van der Waals surface area contributed by atoms with Crippen LogP contribution in [0.5, 0.6) is 11.5 Å². The Morgan fingerprint density at radius 1 is 1.20 bits per heavy atom. The van der Waals surface area contributed by atoms with Crippen molar-refractivity contribution < 1.29 is 18.7 Å². The van der Waals surface area contributed by atoms with Crippen molar-refractivity contribution in [3.8, 4) is 22.8 Å². The van der Waals surface area contributed by atoms with Gasteiger partial charge in [-0.2, -0.15) is 0 Å². The number of carbonyl (C=O) groups excluding carboxylic acids is 1. The van der Waals surface area contributed by atoms with E-state index in [1.807, 2.05) is 12.1 Å². The van der Waals surface area contributed by atoms with Gasteiger partial charge < -0.3 is 19.2 Å². The highest BCUT2D eigenvalue weighted by Gasteiger charge is 2.27. The lowest BCUT2D eigenvalue weighted by Gasteiger charge is -2.25. The topological polar surface area (TPSA) is 73.6 Å². The van der Waals surface area contributed by atoms with E-state index in [0.717, 1.165) is 0 Å². The Balaban J connectivity index is 1.47. The summed E-state index contributed by atoms with van der Waals surface area (Å²) in [5.74, 6) is 1.43. The van der Waals surface area contributed by atoms with E-state index >= 15 is 0 Å². The number of ether oxygens (including phenoxy) is 2.